The Hall–Kier alpha value is -3.68. The fraction of sp³-hybridized carbons (Fsp3) is 0.238. The van der Waals surface area contributed by atoms with Crippen molar-refractivity contribution < 1.29 is 19.2 Å². The van der Waals surface area contributed by atoms with Crippen molar-refractivity contribution in [3.05, 3.63) is 59.7 Å². The molecule has 1 atom stereocenters. The molecule has 1 saturated heterocycles. The molecule has 2 aromatic rings. The van der Waals surface area contributed by atoms with Crippen LogP contribution in [0.1, 0.15) is 33.6 Å². The fourth-order valence-electron chi connectivity index (χ4n) is 3.83. The lowest BCUT2D eigenvalue weighted by Gasteiger charge is -2.25. The van der Waals surface area contributed by atoms with Crippen molar-refractivity contribution in [1.82, 2.24) is 4.90 Å². The van der Waals surface area contributed by atoms with Gasteiger partial charge in [-0.05, 0) is 49.2 Å². The Bertz CT molecular complexity index is 1000. The number of nitrogens with two attached hydrogens (primary N) is 1. The summed E-state index contributed by atoms with van der Waals surface area (Å²) in [4.78, 5) is 52.8. The molecule has 2 aromatic carbocycles. The van der Waals surface area contributed by atoms with Gasteiger partial charge in [0.15, 0.2) is 0 Å². The van der Waals surface area contributed by atoms with Crippen molar-refractivity contribution >= 4 is 35.0 Å². The highest BCUT2D eigenvalue weighted by Gasteiger charge is 2.42. The van der Waals surface area contributed by atoms with Gasteiger partial charge in [-0.1, -0.05) is 12.1 Å². The smallest absolute Gasteiger partial charge is 0.256 e. The van der Waals surface area contributed by atoms with Crippen molar-refractivity contribution in [1.29, 1.82) is 0 Å². The van der Waals surface area contributed by atoms with Gasteiger partial charge in [0.25, 0.3) is 5.91 Å². The van der Waals surface area contributed by atoms with Crippen LogP contribution in [-0.4, -0.2) is 47.7 Å². The minimum absolute atomic E-state index is 0.179. The van der Waals surface area contributed by atoms with Crippen molar-refractivity contribution in [2.24, 2.45) is 5.73 Å². The van der Waals surface area contributed by atoms with E-state index in [4.69, 9.17) is 5.73 Å². The van der Waals surface area contributed by atoms with Gasteiger partial charge >= 0.3 is 0 Å². The largest absolute Gasteiger partial charge is 0.366 e. The average molecular weight is 392 g/mol. The number of hydrogen-bond acceptors (Lipinski definition) is 4. The highest BCUT2D eigenvalue weighted by atomic mass is 16.2. The monoisotopic (exact) mass is 392 g/mol. The van der Waals surface area contributed by atoms with Crippen LogP contribution in [0.5, 0.6) is 0 Å². The van der Waals surface area contributed by atoms with E-state index in [2.05, 4.69) is 5.32 Å². The number of rotatable bonds is 4. The second kappa shape index (κ2) is 7.38. The zero-order valence-electron chi connectivity index (χ0n) is 15.6. The SMILES string of the molecule is NC(=O)c1ccc(NC(=O)CN2C(=O)C3CCCN3C(=O)c3ccccc32)cc1. The first-order valence-electron chi connectivity index (χ1n) is 9.37. The Labute approximate surface area is 167 Å². The topological polar surface area (TPSA) is 113 Å². The summed E-state index contributed by atoms with van der Waals surface area (Å²) in [7, 11) is 0. The maximum atomic E-state index is 13.1. The number of hydrogen-bond donors (Lipinski definition) is 2. The first-order valence-corrected chi connectivity index (χ1v) is 9.37. The molecular formula is C21H20N4O4. The molecule has 2 aliphatic rings. The van der Waals surface area contributed by atoms with Crippen LogP contribution in [0.25, 0.3) is 0 Å². The molecule has 0 bridgehead atoms. The maximum Gasteiger partial charge on any atom is 0.256 e. The van der Waals surface area contributed by atoms with Crippen molar-refractivity contribution in [2.45, 2.75) is 18.9 Å². The normalized spacial score (nSPS) is 18.1. The Morgan fingerprint density at radius 1 is 1.07 bits per heavy atom. The number of benzene rings is 2. The predicted molar refractivity (Wildman–Crippen MR) is 106 cm³/mol. The highest BCUT2D eigenvalue weighted by Crippen LogP contribution is 2.32. The third kappa shape index (κ3) is 3.44. The molecule has 8 nitrogen and oxygen atoms in total. The molecule has 2 heterocycles. The summed E-state index contributed by atoms with van der Waals surface area (Å²) in [5, 5.41) is 2.71. The summed E-state index contributed by atoms with van der Waals surface area (Å²) in [6, 6.07) is 12.5. The average Bonchev–Trinajstić information content (AvgIpc) is 3.19. The minimum Gasteiger partial charge on any atom is -0.366 e. The molecule has 1 fully saturated rings. The Kier molecular flexibility index (Phi) is 4.75. The fourth-order valence-corrected chi connectivity index (χ4v) is 3.83. The Morgan fingerprint density at radius 3 is 2.52 bits per heavy atom. The summed E-state index contributed by atoms with van der Waals surface area (Å²) in [6.07, 6.45) is 1.35. The third-order valence-corrected chi connectivity index (χ3v) is 5.24. The van der Waals surface area contributed by atoms with Gasteiger partial charge < -0.3 is 20.9 Å². The van der Waals surface area contributed by atoms with Gasteiger partial charge in [-0.25, -0.2) is 0 Å². The second-order valence-corrected chi connectivity index (χ2v) is 7.09. The number of carbonyl (C=O) groups is 4. The van der Waals surface area contributed by atoms with E-state index in [1.54, 1.807) is 41.3 Å². The van der Waals surface area contributed by atoms with Crippen LogP contribution in [0, 0.1) is 0 Å². The molecule has 29 heavy (non-hydrogen) atoms. The van der Waals surface area contributed by atoms with Crippen LogP contribution >= 0.6 is 0 Å². The van der Waals surface area contributed by atoms with E-state index in [1.807, 2.05) is 0 Å². The molecule has 0 spiro atoms. The van der Waals surface area contributed by atoms with Gasteiger partial charge in [-0.2, -0.15) is 0 Å². The second-order valence-electron chi connectivity index (χ2n) is 7.09. The number of carbonyl (C=O) groups excluding carboxylic acids is 4. The standard InChI is InChI=1S/C21H20N4O4/c22-19(27)13-7-9-14(10-8-13)23-18(26)12-25-16-5-2-1-4-15(16)20(28)24-11-3-6-17(24)21(25)29/h1-2,4-5,7-10,17H,3,6,11-12H2,(H2,22,27)(H,23,26). The first kappa shape index (κ1) is 18.7. The predicted octanol–water partition coefficient (Wildman–Crippen LogP) is 1.38. The Morgan fingerprint density at radius 2 is 1.79 bits per heavy atom. The van der Waals surface area contributed by atoms with Gasteiger partial charge in [0, 0.05) is 17.8 Å². The van der Waals surface area contributed by atoms with Crippen LogP contribution < -0.4 is 16.0 Å². The number of primary amides is 1. The molecule has 4 amide bonds. The number of nitrogens with one attached hydrogen (secondary N) is 1. The van der Waals surface area contributed by atoms with E-state index in [1.165, 1.54) is 17.0 Å². The summed E-state index contributed by atoms with van der Waals surface area (Å²) >= 11 is 0. The van der Waals surface area contributed by atoms with E-state index in [-0.39, 0.29) is 18.4 Å². The first-order chi connectivity index (χ1) is 14.0. The van der Waals surface area contributed by atoms with Crippen LogP contribution in [0.4, 0.5) is 11.4 Å². The van der Waals surface area contributed by atoms with Crippen LogP contribution in [0.3, 0.4) is 0 Å². The van der Waals surface area contributed by atoms with E-state index in [9.17, 15) is 19.2 Å². The van der Waals surface area contributed by atoms with Crippen molar-refractivity contribution in [2.75, 3.05) is 23.3 Å². The summed E-state index contributed by atoms with van der Waals surface area (Å²) in [6.45, 7) is 0.320. The number of fused-ring (bicyclic) bond motifs is 2. The van der Waals surface area contributed by atoms with E-state index in [0.717, 1.165) is 6.42 Å². The molecular weight excluding hydrogens is 372 g/mol. The number of nitrogens with zero attached hydrogens (tertiary/aromatic N) is 2. The van der Waals surface area contributed by atoms with Gasteiger partial charge in [-0.3, -0.25) is 19.2 Å². The molecule has 0 radical (unpaired) electrons. The lowest BCUT2D eigenvalue weighted by atomic mass is 10.1. The number of anilines is 2. The quantitative estimate of drug-likeness (QED) is 0.818. The lowest BCUT2D eigenvalue weighted by Crippen LogP contribution is -2.47. The molecule has 4 rings (SSSR count). The zero-order valence-corrected chi connectivity index (χ0v) is 15.6. The van der Waals surface area contributed by atoms with Crippen LogP contribution in [0.15, 0.2) is 48.5 Å². The van der Waals surface area contributed by atoms with E-state index >= 15 is 0 Å². The van der Waals surface area contributed by atoms with Crippen LogP contribution in [0.2, 0.25) is 0 Å². The number of para-hydroxylation sites is 1. The highest BCUT2D eigenvalue weighted by molar-refractivity contribution is 6.13. The van der Waals surface area contributed by atoms with E-state index in [0.29, 0.717) is 35.5 Å². The minimum atomic E-state index is -0.555. The molecule has 2 aliphatic heterocycles. The van der Waals surface area contributed by atoms with Crippen molar-refractivity contribution in [3.63, 3.8) is 0 Å². The molecule has 1 unspecified atom stereocenters. The molecule has 3 N–H and O–H groups in total. The summed E-state index contributed by atoms with van der Waals surface area (Å²) < 4.78 is 0. The molecule has 0 saturated carbocycles. The zero-order chi connectivity index (χ0) is 20.5. The Balaban J connectivity index is 1.58. The molecule has 8 heteroatoms. The van der Waals surface area contributed by atoms with Crippen molar-refractivity contribution in [3.8, 4) is 0 Å². The summed E-state index contributed by atoms with van der Waals surface area (Å²) in [5.74, 6) is -1.39. The van der Waals surface area contributed by atoms with Gasteiger partial charge in [0.2, 0.25) is 17.7 Å². The van der Waals surface area contributed by atoms with Gasteiger partial charge in [0.05, 0.1) is 11.3 Å². The number of amides is 4. The molecule has 148 valence electrons. The molecule has 0 aliphatic carbocycles. The third-order valence-electron chi connectivity index (χ3n) is 5.24. The van der Waals surface area contributed by atoms with Crippen LogP contribution in [-0.2, 0) is 9.59 Å². The van der Waals surface area contributed by atoms with Gasteiger partial charge in [-0.15, -0.1) is 0 Å². The molecule has 0 aromatic heterocycles. The van der Waals surface area contributed by atoms with E-state index < -0.39 is 17.9 Å². The maximum absolute atomic E-state index is 13.1. The lowest BCUT2D eigenvalue weighted by molar-refractivity contribution is -0.124. The summed E-state index contributed by atoms with van der Waals surface area (Å²) in [5.41, 5.74) is 6.89. The van der Waals surface area contributed by atoms with Gasteiger partial charge in [0.1, 0.15) is 12.6 Å².